The van der Waals surface area contributed by atoms with Crippen LogP contribution in [0.25, 0.3) is 0 Å². The maximum atomic E-state index is 5.73. The number of aryl methyl sites for hydroxylation is 1. The van der Waals surface area contributed by atoms with Crippen molar-refractivity contribution in [2.24, 2.45) is 0 Å². The Morgan fingerprint density at radius 2 is 2.17 bits per heavy atom. The maximum absolute atomic E-state index is 5.73. The van der Waals surface area contributed by atoms with Crippen LogP contribution in [-0.4, -0.2) is 17.1 Å². The summed E-state index contributed by atoms with van der Waals surface area (Å²) in [4.78, 5) is 8.02. The molecule has 3 N–H and O–H groups in total. The number of anilines is 3. The molecule has 2 aromatic rings. The van der Waals surface area contributed by atoms with E-state index in [1.165, 1.54) is 11.9 Å². The quantitative estimate of drug-likeness (QED) is 0.863. The van der Waals surface area contributed by atoms with E-state index in [0.29, 0.717) is 17.4 Å². The van der Waals surface area contributed by atoms with Crippen molar-refractivity contribution in [3.05, 3.63) is 36.2 Å². The number of hydrogen-bond acceptors (Lipinski definition) is 5. The van der Waals surface area contributed by atoms with Crippen molar-refractivity contribution < 1.29 is 4.74 Å². The highest BCUT2D eigenvalue weighted by atomic mass is 16.5. The molecular weight excluding hydrogens is 228 g/mol. The fourth-order valence-corrected chi connectivity index (χ4v) is 1.68. The van der Waals surface area contributed by atoms with Gasteiger partial charge in [0, 0.05) is 5.69 Å². The molecule has 1 aromatic carbocycles. The number of nitrogens with two attached hydrogens (primary N) is 1. The molecule has 0 aliphatic heterocycles. The topological polar surface area (TPSA) is 73.1 Å². The van der Waals surface area contributed by atoms with Gasteiger partial charge < -0.3 is 15.8 Å². The standard InChI is InChI=1S/C13H16N4O/c1-3-9-5-4-6-10(7-9)17-13-11(18-2)12(14)15-8-16-13/h4-8H,3H2,1-2H3,(H3,14,15,16,17). The second-order valence-corrected chi connectivity index (χ2v) is 3.82. The third-order valence-electron chi connectivity index (χ3n) is 2.63. The summed E-state index contributed by atoms with van der Waals surface area (Å²) in [5, 5.41) is 3.18. The predicted octanol–water partition coefficient (Wildman–Crippen LogP) is 2.37. The zero-order valence-corrected chi connectivity index (χ0v) is 10.5. The van der Waals surface area contributed by atoms with Crippen molar-refractivity contribution in [3.8, 4) is 5.75 Å². The molecule has 94 valence electrons. The smallest absolute Gasteiger partial charge is 0.204 e. The summed E-state index contributed by atoms with van der Waals surface area (Å²) in [5.74, 6) is 1.35. The van der Waals surface area contributed by atoms with Gasteiger partial charge in [0.05, 0.1) is 7.11 Å². The molecule has 0 saturated carbocycles. The van der Waals surface area contributed by atoms with Crippen LogP contribution in [0.2, 0.25) is 0 Å². The van der Waals surface area contributed by atoms with Crippen molar-refractivity contribution in [1.29, 1.82) is 0 Å². The Kier molecular flexibility index (Phi) is 3.62. The summed E-state index contributed by atoms with van der Waals surface area (Å²) in [7, 11) is 1.54. The molecule has 18 heavy (non-hydrogen) atoms. The van der Waals surface area contributed by atoms with Crippen LogP contribution in [0.1, 0.15) is 12.5 Å². The van der Waals surface area contributed by atoms with Gasteiger partial charge in [-0.15, -0.1) is 0 Å². The molecule has 0 radical (unpaired) electrons. The molecule has 0 aliphatic carbocycles. The number of methoxy groups -OCH3 is 1. The minimum atomic E-state index is 0.321. The maximum Gasteiger partial charge on any atom is 0.204 e. The monoisotopic (exact) mass is 244 g/mol. The van der Waals surface area contributed by atoms with Crippen molar-refractivity contribution >= 4 is 17.3 Å². The lowest BCUT2D eigenvalue weighted by Gasteiger charge is -2.11. The van der Waals surface area contributed by atoms with Crippen LogP contribution in [0.5, 0.6) is 5.75 Å². The van der Waals surface area contributed by atoms with E-state index < -0.39 is 0 Å². The Bertz CT molecular complexity index is 542. The second-order valence-electron chi connectivity index (χ2n) is 3.82. The summed E-state index contributed by atoms with van der Waals surface area (Å²) >= 11 is 0. The van der Waals surface area contributed by atoms with E-state index in [1.807, 2.05) is 12.1 Å². The minimum Gasteiger partial charge on any atom is -0.490 e. The number of ether oxygens (including phenoxy) is 1. The molecule has 5 heteroatoms. The lowest BCUT2D eigenvalue weighted by molar-refractivity contribution is 0.415. The van der Waals surface area contributed by atoms with E-state index in [0.717, 1.165) is 12.1 Å². The van der Waals surface area contributed by atoms with Crippen molar-refractivity contribution in [2.75, 3.05) is 18.2 Å². The van der Waals surface area contributed by atoms with Gasteiger partial charge in [-0.25, -0.2) is 9.97 Å². The first-order valence-corrected chi connectivity index (χ1v) is 5.75. The molecule has 0 amide bonds. The fraction of sp³-hybridized carbons (Fsp3) is 0.231. The van der Waals surface area contributed by atoms with Gasteiger partial charge >= 0.3 is 0 Å². The normalized spacial score (nSPS) is 10.1. The molecular formula is C13H16N4O. The molecule has 5 nitrogen and oxygen atoms in total. The summed E-state index contributed by atoms with van der Waals surface area (Å²) in [5.41, 5.74) is 7.93. The number of nitrogen functional groups attached to an aromatic ring is 1. The molecule has 0 bridgehead atoms. The Hall–Kier alpha value is -2.30. The van der Waals surface area contributed by atoms with Crippen LogP contribution in [0.3, 0.4) is 0 Å². The van der Waals surface area contributed by atoms with E-state index in [4.69, 9.17) is 10.5 Å². The molecule has 0 unspecified atom stereocenters. The van der Waals surface area contributed by atoms with Gasteiger partial charge in [-0.2, -0.15) is 0 Å². The van der Waals surface area contributed by atoms with E-state index in [-0.39, 0.29) is 0 Å². The first-order valence-electron chi connectivity index (χ1n) is 5.75. The average molecular weight is 244 g/mol. The third-order valence-corrected chi connectivity index (χ3v) is 2.63. The zero-order chi connectivity index (χ0) is 13.0. The summed E-state index contributed by atoms with van der Waals surface area (Å²) < 4.78 is 5.19. The van der Waals surface area contributed by atoms with Gasteiger partial charge in [0.25, 0.3) is 0 Å². The number of benzene rings is 1. The Morgan fingerprint density at radius 3 is 2.89 bits per heavy atom. The first kappa shape index (κ1) is 12.2. The highest BCUT2D eigenvalue weighted by Crippen LogP contribution is 2.29. The Morgan fingerprint density at radius 1 is 1.33 bits per heavy atom. The lowest BCUT2D eigenvalue weighted by Crippen LogP contribution is -2.02. The molecule has 2 rings (SSSR count). The summed E-state index contributed by atoms with van der Waals surface area (Å²) in [6, 6.07) is 8.11. The lowest BCUT2D eigenvalue weighted by atomic mass is 10.1. The third kappa shape index (κ3) is 2.51. The summed E-state index contributed by atoms with van der Waals surface area (Å²) in [6.45, 7) is 2.11. The van der Waals surface area contributed by atoms with E-state index in [1.54, 1.807) is 7.11 Å². The highest BCUT2D eigenvalue weighted by Gasteiger charge is 2.09. The Labute approximate surface area is 106 Å². The number of nitrogens with one attached hydrogen (secondary N) is 1. The second kappa shape index (κ2) is 5.35. The van der Waals surface area contributed by atoms with E-state index in [9.17, 15) is 0 Å². The molecule has 0 saturated heterocycles. The van der Waals surface area contributed by atoms with Gasteiger partial charge in [0.15, 0.2) is 11.6 Å². The van der Waals surface area contributed by atoms with Crippen LogP contribution in [0, 0.1) is 0 Å². The van der Waals surface area contributed by atoms with Gasteiger partial charge in [0.2, 0.25) is 5.75 Å². The van der Waals surface area contributed by atoms with Gasteiger partial charge in [-0.3, -0.25) is 0 Å². The van der Waals surface area contributed by atoms with Gasteiger partial charge in [0.1, 0.15) is 6.33 Å². The zero-order valence-electron chi connectivity index (χ0n) is 10.5. The minimum absolute atomic E-state index is 0.321. The Balaban J connectivity index is 2.30. The molecule has 0 aliphatic rings. The molecule has 1 heterocycles. The highest BCUT2D eigenvalue weighted by molar-refractivity contribution is 5.68. The predicted molar refractivity (Wildman–Crippen MR) is 72.1 cm³/mol. The molecule has 0 spiro atoms. The van der Waals surface area contributed by atoms with Crippen LogP contribution < -0.4 is 15.8 Å². The number of nitrogens with zero attached hydrogens (tertiary/aromatic N) is 2. The SMILES string of the molecule is CCc1cccc(Nc2ncnc(N)c2OC)c1. The molecule has 1 aromatic heterocycles. The number of aromatic nitrogens is 2. The number of rotatable bonds is 4. The van der Waals surface area contributed by atoms with Crippen molar-refractivity contribution in [3.63, 3.8) is 0 Å². The van der Waals surface area contributed by atoms with E-state index >= 15 is 0 Å². The van der Waals surface area contributed by atoms with Gasteiger partial charge in [-0.1, -0.05) is 19.1 Å². The van der Waals surface area contributed by atoms with Gasteiger partial charge in [-0.05, 0) is 24.1 Å². The van der Waals surface area contributed by atoms with E-state index in [2.05, 4.69) is 34.3 Å². The largest absolute Gasteiger partial charge is 0.490 e. The average Bonchev–Trinajstić information content (AvgIpc) is 2.39. The fourth-order valence-electron chi connectivity index (χ4n) is 1.68. The van der Waals surface area contributed by atoms with Crippen LogP contribution in [0.4, 0.5) is 17.3 Å². The van der Waals surface area contributed by atoms with Crippen molar-refractivity contribution in [2.45, 2.75) is 13.3 Å². The molecule has 0 atom stereocenters. The van der Waals surface area contributed by atoms with Crippen molar-refractivity contribution in [1.82, 2.24) is 9.97 Å². The summed E-state index contributed by atoms with van der Waals surface area (Å²) in [6.07, 6.45) is 2.39. The molecule has 0 fully saturated rings. The first-order chi connectivity index (χ1) is 8.74. The van der Waals surface area contributed by atoms with Crippen LogP contribution in [0.15, 0.2) is 30.6 Å². The van der Waals surface area contributed by atoms with Crippen LogP contribution >= 0.6 is 0 Å². The number of hydrogen-bond donors (Lipinski definition) is 2. The van der Waals surface area contributed by atoms with Crippen LogP contribution in [-0.2, 0) is 6.42 Å².